The minimum Gasteiger partial charge on any atom is -0.337 e. The van der Waals surface area contributed by atoms with Gasteiger partial charge in [-0.05, 0) is 49.1 Å². The van der Waals surface area contributed by atoms with Crippen LogP contribution in [0.5, 0.6) is 0 Å². The predicted molar refractivity (Wildman–Crippen MR) is 118 cm³/mol. The number of hydrogen-bond acceptors (Lipinski definition) is 4. The van der Waals surface area contributed by atoms with Crippen molar-refractivity contribution in [3.63, 3.8) is 0 Å². The Bertz CT molecular complexity index is 952. The van der Waals surface area contributed by atoms with Crippen LogP contribution in [0.4, 0.5) is 11.6 Å². The largest absolute Gasteiger partial charge is 0.337 e. The lowest BCUT2D eigenvalue weighted by Crippen LogP contribution is -2.26. The second kappa shape index (κ2) is 9.32. The molecular weight excluding hydrogens is 360 g/mol. The molecule has 0 unspecified atom stereocenters. The molecule has 5 nitrogen and oxygen atoms in total. The second-order valence-electron chi connectivity index (χ2n) is 7.43. The van der Waals surface area contributed by atoms with Crippen molar-refractivity contribution in [2.24, 2.45) is 0 Å². The molecular formula is C24H28N4O. The van der Waals surface area contributed by atoms with Crippen LogP contribution in [-0.2, 0) is 6.54 Å². The van der Waals surface area contributed by atoms with E-state index >= 15 is 0 Å². The number of nitrogens with zero attached hydrogens (tertiary/aromatic N) is 3. The van der Waals surface area contributed by atoms with E-state index in [0.29, 0.717) is 24.1 Å². The molecule has 1 aromatic heterocycles. The quantitative estimate of drug-likeness (QED) is 0.605. The van der Waals surface area contributed by atoms with Crippen molar-refractivity contribution in [1.29, 1.82) is 0 Å². The predicted octanol–water partition coefficient (Wildman–Crippen LogP) is 5.19. The number of anilines is 2. The van der Waals surface area contributed by atoms with Crippen LogP contribution in [0.2, 0.25) is 0 Å². The summed E-state index contributed by atoms with van der Waals surface area (Å²) in [5.41, 5.74) is 4.31. The third kappa shape index (κ3) is 5.41. The third-order valence-electron chi connectivity index (χ3n) is 4.79. The molecule has 2 aromatic carbocycles. The molecule has 29 heavy (non-hydrogen) atoms. The van der Waals surface area contributed by atoms with E-state index in [9.17, 15) is 4.79 Å². The lowest BCUT2D eigenvalue weighted by molar-refractivity contribution is 0.102. The Kier molecular flexibility index (Phi) is 6.60. The molecule has 1 amide bonds. The molecule has 0 atom stereocenters. The maximum Gasteiger partial charge on any atom is 0.274 e. The Morgan fingerprint density at radius 3 is 2.34 bits per heavy atom. The van der Waals surface area contributed by atoms with E-state index in [1.807, 2.05) is 49.4 Å². The van der Waals surface area contributed by atoms with Gasteiger partial charge in [0.05, 0.1) is 0 Å². The fraction of sp³-hybridized carbons (Fsp3) is 0.292. The van der Waals surface area contributed by atoms with Gasteiger partial charge in [0.25, 0.3) is 5.91 Å². The highest BCUT2D eigenvalue weighted by Gasteiger charge is 2.15. The van der Waals surface area contributed by atoms with Gasteiger partial charge in [0.15, 0.2) is 0 Å². The Morgan fingerprint density at radius 1 is 1.03 bits per heavy atom. The minimum absolute atomic E-state index is 0.232. The fourth-order valence-electron chi connectivity index (χ4n) is 3.08. The van der Waals surface area contributed by atoms with Gasteiger partial charge in [-0.1, -0.05) is 56.3 Å². The summed E-state index contributed by atoms with van der Waals surface area (Å²) in [5.74, 6) is 0.790. The molecule has 0 fully saturated rings. The molecule has 150 valence electrons. The Morgan fingerprint density at radius 2 is 1.72 bits per heavy atom. The first-order valence-electron chi connectivity index (χ1n) is 10.0. The van der Waals surface area contributed by atoms with E-state index in [4.69, 9.17) is 0 Å². The number of aromatic nitrogens is 2. The Hall–Kier alpha value is -3.21. The van der Waals surface area contributed by atoms with Crippen molar-refractivity contribution in [3.8, 4) is 0 Å². The highest BCUT2D eigenvalue weighted by Crippen LogP contribution is 2.19. The summed E-state index contributed by atoms with van der Waals surface area (Å²) in [6.45, 7) is 9.68. The Labute approximate surface area is 172 Å². The van der Waals surface area contributed by atoms with E-state index in [-0.39, 0.29) is 5.91 Å². The van der Waals surface area contributed by atoms with Crippen molar-refractivity contribution < 1.29 is 4.79 Å². The number of amides is 1. The van der Waals surface area contributed by atoms with Gasteiger partial charge in [0.2, 0.25) is 5.95 Å². The SMILES string of the molecule is CCN(Cc1ccccc1)c1nc(C)cc(C(=O)Nc2ccc(C(C)C)cc2)n1. The average Bonchev–Trinajstić information content (AvgIpc) is 2.72. The van der Waals surface area contributed by atoms with Gasteiger partial charge in [-0.15, -0.1) is 0 Å². The fourth-order valence-corrected chi connectivity index (χ4v) is 3.08. The Balaban J connectivity index is 1.79. The van der Waals surface area contributed by atoms with Gasteiger partial charge in [-0.3, -0.25) is 4.79 Å². The highest BCUT2D eigenvalue weighted by molar-refractivity contribution is 6.03. The van der Waals surface area contributed by atoms with Gasteiger partial charge in [-0.25, -0.2) is 9.97 Å². The molecule has 0 saturated heterocycles. The van der Waals surface area contributed by atoms with Crippen LogP contribution in [0.1, 0.15) is 54.0 Å². The number of hydrogen-bond donors (Lipinski definition) is 1. The molecule has 0 saturated carbocycles. The van der Waals surface area contributed by atoms with Gasteiger partial charge < -0.3 is 10.2 Å². The zero-order chi connectivity index (χ0) is 20.8. The molecule has 3 rings (SSSR count). The number of nitrogens with one attached hydrogen (secondary N) is 1. The van der Waals surface area contributed by atoms with Crippen molar-refractivity contribution in [1.82, 2.24) is 9.97 Å². The number of carbonyl (C=O) groups is 1. The first kappa shape index (κ1) is 20.5. The number of benzene rings is 2. The van der Waals surface area contributed by atoms with Crippen molar-refractivity contribution in [2.75, 3.05) is 16.8 Å². The first-order chi connectivity index (χ1) is 14.0. The molecule has 0 radical (unpaired) electrons. The zero-order valence-corrected chi connectivity index (χ0v) is 17.5. The average molecular weight is 389 g/mol. The highest BCUT2D eigenvalue weighted by atomic mass is 16.1. The third-order valence-corrected chi connectivity index (χ3v) is 4.79. The molecule has 1 N–H and O–H groups in total. The molecule has 3 aromatic rings. The van der Waals surface area contributed by atoms with E-state index in [2.05, 4.69) is 53.1 Å². The van der Waals surface area contributed by atoms with Gasteiger partial charge in [0.1, 0.15) is 5.69 Å². The minimum atomic E-state index is -0.232. The zero-order valence-electron chi connectivity index (χ0n) is 17.5. The van der Waals surface area contributed by atoms with Crippen LogP contribution >= 0.6 is 0 Å². The van der Waals surface area contributed by atoms with E-state index in [1.54, 1.807) is 6.07 Å². The van der Waals surface area contributed by atoms with Crippen LogP contribution in [-0.4, -0.2) is 22.4 Å². The number of aryl methyl sites for hydroxylation is 1. The van der Waals surface area contributed by atoms with Gasteiger partial charge >= 0.3 is 0 Å². The molecule has 1 heterocycles. The monoisotopic (exact) mass is 388 g/mol. The summed E-state index contributed by atoms with van der Waals surface area (Å²) in [7, 11) is 0. The number of carbonyl (C=O) groups excluding carboxylic acids is 1. The molecule has 0 aliphatic rings. The normalized spacial score (nSPS) is 10.8. The summed E-state index contributed by atoms with van der Waals surface area (Å²) in [5, 5.41) is 2.94. The van der Waals surface area contributed by atoms with E-state index in [1.165, 1.54) is 11.1 Å². The number of rotatable bonds is 7. The maximum atomic E-state index is 12.8. The first-order valence-corrected chi connectivity index (χ1v) is 10.0. The summed E-state index contributed by atoms with van der Waals surface area (Å²) in [4.78, 5) is 24.0. The topological polar surface area (TPSA) is 58.1 Å². The summed E-state index contributed by atoms with van der Waals surface area (Å²) in [6, 6.07) is 19.8. The lowest BCUT2D eigenvalue weighted by Gasteiger charge is -2.21. The van der Waals surface area contributed by atoms with Crippen LogP contribution < -0.4 is 10.2 Å². The van der Waals surface area contributed by atoms with E-state index in [0.717, 1.165) is 17.9 Å². The smallest absolute Gasteiger partial charge is 0.274 e. The van der Waals surface area contributed by atoms with Crippen molar-refractivity contribution >= 4 is 17.5 Å². The molecule has 0 aliphatic carbocycles. The summed E-state index contributed by atoms with van der Waals surface area (Å²) >= 11 is 0. The summed E-state index contributed by atoms with van der Waals surface area (Å²) in [6.07, 6.45) is 0. The molecule has 0 bridgehead atoms. The van der Waals surface area contributed by atoms with Gasteiger partial charge in [-0.2, -0.15) is 0 Å². The van der Waals surface area contributed by atoms with Crippen LogP contribution in [0, 0.1) is 6.92 Å². The van der Waals surface area contributed by atoms with Crippen LogP contribution in [0.3, 0.4) is 0 Å². The van der Waals surface area contributed by atoms with Crippen molar-refractivity contribution in [3.05, 3.63) is 83.2 Å². The van der Waals surface area contributed by atoms with Gasteiger partial charge in [0, 0.05) is 24.5 Å². The maximum absolute atomic E-state index is 12.8. The standard InChI is InChI=1S/C24H28N4O/c1-5-28(16-19-9-7-6-8-10-19)24-25-18(4)15-22(27-24)23(29)26-21-13-11-20(12-14-21)17(2)3/h6-15,17H,5,16H2,1-4H3,(H,26,29). The second-order valence-corrected chi connectivity index (χ2v) is 7.43. The summed E-state index contributed by atoms with van der Waals surface area (Å²) < 4.78 is 0. The van der Waals surface area contributed by atoms with Crippen LogP contribution in [0.15, 0.2) is 60.7 Å². The molecule has 5 heteroatoms. The lowest BCUT2D eigenvalue weighted by atomic mass is 10.0. The molecule has 0 spiro atoms. The van der Waals surface area contributed by atoms with E-state index < -0.39 is 0 Å². The van der Waals surface area contributed by atoms with Crippen molar-refractivity contribution in [2.45, 2.75) is 40.2 Å². The molecule has 0 aliphatic heterocycles. The van der Waals surface area contributed by atoms with Crippen LogP contribution in [0.25, 0.3) is 0 Å².